The van der Waals surface area contributed by atoms with Crippen molar-refractivity contribution in [2.75, 3.05) is 13.1 Å². The molecule has 1 aliphatic heterocycles. The highest BCUT2D eigenvalue weighted by Gasteiger charge is 2.26. The van der Waals surface area contributed by atoms with Crippen molar-refractivity contribution in [2.45, 2.75) is 46.7 Å². The number of aromatic nitrogens is 3. The quantitative estimate of drug-likeness (QED) is 0.698. The van der Waals surface area contributed by atoms with Crippen molar-refractivity contribution in [1.82, 2.24) is 19.2 Å². The Kier molecular flexibility index (Phi) is 4.96. The molecule has 6 heteroatoms. The predicted octanol–water partition coefficient (Wildman–Crippen LogP) is 3.27. The maximum absolute atomic E-state index is 13.2. The number of amides is 1. The molecule has 0 radical (unpaired) electrons. The average molecular weight is 380 g/mol. The van der Waals surface area contributed by atoms with Crippen LogP contribution in [0.5, 0.6) is 0 Å². The summed E-state index contributed by atoms with van der Waals surface area (Å²) < 4.78 is 3.40. The van der Waals surface area contributed by atoms with Gasteiger partial charge in [-0.2, -0.15) is 5.10 Å². The molecule has 3 heterocycles. The third-order valence-corrected chi connectivity index (χ3v) is 5.73. The van der Waals surface area contributed by atoms with Gasteiger partial charge in [-0.15, -0.1) is 0 Å². The lowest BCUT2D eigenvalue weighted by molar-refractivity contribution is -0.134. The summed E-state index contributed by atoms with van der Waals surface area (Å²) in [6.45, 7) is 8.74. The fourth-order valence-electron chi connectivity index (χ4n) is 4.66. The van der Waals surface area contributed by atoms with Crippen LogP contribution in [0.25, 0.3) is 21.8 Å². The van der Waals surface area contributed by atoms with Gasteiger partial charge in [0.05, 0.1) is 6.20 Å². The largest absolute Gasteiger partial charge is 0.341 e. The van der Waals surface area contributed by atoms with Gasteiger partial charge in [0, 0.05) is 35.9 Å². The Morgan fingerprint density at radius 3 is 2.57 bits per heavy atom. The van der Waals surface area contributed by atoms with Gasteiger partial charge in [0.15, 0.2) is 0 Å². The Hall–Kier alpha value is -2.63. The number of fused-ring (bicyclic) bond motifs is 3. The van der Waals surface area contributed by atoms with Crippen molar-refractivity contribution < 1.29 is 4.79 Å². The lowest BCUT2D eigenvalue weighted by Gasteiger charge is -2.35. The standard InChI is InChI=1S/C22H28N4O2/c1-4-9-25-19-8-6-5-7-17(19)18-11-23-26(22(28)21(18)25)14-20(27)24-12-15(2)10-16(3)13-24/h5-8,11,15-16H,4,9-10,12-14H2,1-3H3/t15-,16-/m1/s1. The number of nitrogens with zero attached hydrogens (tertiary/aromatic N) is 4. The van der Waals surface area contributed by atoms with Crippen molar-refractivity contribution in [1.29, 1.82) is 0 Å². The first-order valence-corrected chi connectivity index (χ1v) is 10.2. The number of benzene rings is 1. The lowest BCUT2D eigenvalue weighted by atomic mass is 9.92. The van der Waals surface area contributed by atoms with E-state index in [-0.39, 0.29) is 18.0 Å². The Balaban J connectivity index is 1.74. The van der Waals surface area contributed by atoms with Gasteiger partial charge in [0.1, 0.15) is 12.1 Å². The van der Waals surface area contributed by atoms with E-state index in [1.165, 1.54) is 4.68 Å². The zero-order valence-corrected chi connectivity index (χ0v) is 16.9. The van der Waals surface area contributed by atoms with Crippen LogP contribution in [0.1, 0.15) is 33.6 Å². The van der Waals surface area contributed by atoms with Crippen LogP contribution in [0.2, 0.25) is 0 Å². The molecule has 148 valence electrons. The van der Waals surface area contributed by atoms with E-state index in [9.17, 15) is 9.59 Å². The van der Waals surface area contributed by atoms with E-state index in [1.807, 2.05) is 29.2 Å². The van der Waals surface area contributed by atoms with Gasteiger partial charge in [-0.25, -0.2) is 4.68 Å². The molecule has 3 aromatic rings. The molecule has 2 aromatic heterocycles. The number of carbonyl (C=O) groups excluding carboxylic acids is 1. The SMILES string of the molecule is CCCn1c2ccccc2c2cnn(CC(=O)N3C[C@H](C)C[C@@H](C)C3)c(=O)c21. The molecule has 1 fully saturated rings. The van der Waals surface area contributed by atoms with E-state index in [2.05, 4.69) is 30.4 Å². The summed E-state index contributed by atoms with van der Waals surface area (Å²) in [4.78, 5) is 28.0. The molecule has 4 rings (SSSR count). The molecule has 28 heavy (non-hydrogen) atoms. The summed E-state index contributed by atoms with van der Waals surface area (Å²) in [5.74, 6) is 0.962. The Morgan fingerprint density at radius 2 is 1.86 bits per heavy atom. The first-order chi connectivity index (χ1) is 13.5. The summed E-state index contributed by atoms with van der Waals surface area (Å²) in [5.41, 5.74) is 1.50. The van der Waals surface area contributed by atoms with Gasteiger partial charge in [0.2, 0.25) is 5.91 Å². The van der Waals surface area contributed by atoms with E-state index < -0.39 is 0 Å². The van der Waals surface area contributed by atoms with Crippen LogP contribution in [0.3, 0.4) is 0 Å². The fraction of sp³-hybridized carbons (Fsp3) is 0.500. The first-order valence-electron chi connectivity index (χ1n) is 10.2. The normalized spacial score (nSPS) is 20.2. The highest BCUT2D eigenvalue weighted by molar-refractivity contribution is 6.07. The van der Waals surface area contributed by atoms with Crippen LogP contribution in [-0.4, -0.2) is 38.2 Å². The lowest BCUT2D eigenvalue weighted by Crippen LogP contribution is -2.45. The number of likely N-dealkylation sites (tertiary alicyclic amines) is 1. The van der Waals surface area contributed by atoms with E-state index >= 15 is 0 Å². The van der Waals surface area contributed by atoms with Crippen LogP contribution in [-0.2, 0) is 17.9 Å². The van der Waals surface area contributed by atoms with Gasteiger partial charge in [0.25, 0.3) is 5.56 Å². The minimum absolute atomic E-state index is 0.00185. The number of para-hydroxylation sites is 1. The molecule has 0 saturated carbocycles. The molecule has 1 aliphatic rings. The summed E-state index contributed by atoms with van der Waals surface area (Å²) in [6, 6.07) is 8.03. The second kappa shape index (κ2) is 7.41. The third-order valence-electron chi connectivity index (χ3n) is 5.73. The van der Waals surface area contributed by atoms with Crippen molar-refractivity contribution in [2.24, 2.45) is 11.8 Å². The molecule has 1 aromatic carbocycles. The molecule has 6 nitrogen and oxygen atoms in total. The molecule has 0 unspecified atom stereocenters. The second-order valence-corrected chi connectivity index (χ2v) is 8.28. The fourth-order valence-corrected chi connectivity index (χ4v) is 4.66. The van der Waals surface area contributed by atoms with Crippen LogP contribution < -0.4 is 5.56 Å². The van der Waals surface area contributed by atoms with E-state index in [4.69, 9.17) is 0 Å². The highest BCUT2D eigenvalue weighted by Crippen LogP contribution is 2.26. The number of carbonyl (C=O) groups is 1. The highest BCUT2D eigenvalue weighted by atomic mass is 16.2. The number of hydrogen-bond donors (Lipinski definition) is 0. The third kappa shape index (κ3) is 3.21. The second-order valence-electron chi connectivity index (χ2n) is 8.28. The molecular formula is C22H28N4O2. The molecular weight excluding hydrogens is 352 g/mol. The van der Waals surface area contributed by atoms with Crippen LogP contribution in [0.15, 0.2) is 35.3 Å². The van der Waals surface area contributed by atoms with Gasteiger partial charge < -0.3 is 9.47 Å². The van der Waals surface area contributed by atoms with Gasteiger partial charge >= 0.3 is 0 Å². The number of rotatable bonds is 4. The minimum atomic E-state index is -0.186. The molecule has 0 spiro atoms. The van der Waals surface area contributed by atoms with Gasteiger partial charge in [-0.05, 0) is 30.7 Å². The first kappa shape index (κ1) is 18.7. The van der Waals surface area contributed by atoms with Crippen molar-refractivity contribution in [3.05, 3.63) is 40.8 Å². The molecule has 0 N–H and O–H groups in total. The molecule has 2 atom stereocenters. The summed E-state index contributed by atoms with van der Waals surface area (Å²) in [5, 5.41) is 6.24. The molecule has 1 amide bonds. The van der Waals surface area contributed by atoms with E-state index in [0.29, 0.717) is 17.4 Å². The molecule has 0 bridgehead atoms. The minimum Gasteiger partial charge on any atom is -0.341 e. The molecule has 1 saturated heterocycles. The number of hydrogen-bond acceptors (Lipinski definition) is 3. The van der Waals surface area contributed by atoms with Crippen LogP contribution in [0.4, 0.5) is 0 Å². The Labute approximate surface area is 164 Å². The maximum Gasteiger partial charge on any atom is 0.291 e. The number of piperidine rings is 1. The number of aryl methyl sites for hydroxylation is 1. The van der Waals surface area contributed by atoms with Crippen LogP contribution >= 0.6 is 0 Å². The monoisotopic (exact) mass is 380 g/mol. The van der Waals surface area contributed by atoms with E-state index in [0.717, 1.165) is 48.8 Å². The smallest absolute Gasteiger partial charge is 0.291 e. The zero-order chi connectivity index (χ0) is 19.8. The van der Waals surface area contributed by atoms with Gasteiger partial charge in [-0.1, -0.05) is 39.0 Å². The summed E-state index contributed by atoms with van der Waals surface area (Å²) >= 11 is 0. The molecule has 0 aliphatic carbocycles. The Morgan fingerprint density at radius 1 is 1.14 bits per heavy atom. The topological polar surface area (TPSA) is 60.1 Å². The Bertz CT molecular complexity index is 1070. The predicted molar refractivity (Wildman–Crippen MR) is 111 cm³/mol. The van der Waals surface area contributed by atoms with Crippen molar-refractivity contribution in [3.63, 3.8) is 0 Å². The summed E-state index contributed by atoms with van der Waals surface area (Å²) in [6.07, 6.45) is 3.81. The van der Waals surface area contributed by atoms with Crippen LogP contribution in [0, 0.1) is 11.8 Å². The van der Waals surface area contributed by atoms with Crippen molar-refractivity contribution >= 4 is 27.7 Å². The maximum atomic E-state index is 13.2. The zero-order valence-electron chi connectivity index (χ0n) is 16.9. The van der Waals surface area contributed by atoms with E-state index in [1.54, 1.807) is 6.20 Å². The van der Waals surface area contributed by atoms with Gasteiger partial charge in [-0.3, -0.25) is 9.59 Å². The summed E-state index contributed by atoms with van der Waals surface area (Å²) in [7, 11) is 0. The van der Waals surface area contributed by atoms with Crippen molar-refractivity contribution in [3.8, 4) is 0 Å². The average Bonchev–Trinajstić information content (AvgIpc) is 2.98.